The van der Waals surface area contributed by atoms with Crippen molar-refractivity contribution in [3.05, 3.63) is 46.1 Å². The molecule has 5 nitrogen and oxygen atoms in total. The topological polar surface area (TPSA) is 68.1 Å². The predicted octanol–water partition coefficient (Wildman–Crippen LogP) is 3.07. The number of hydrogen-bond donors (Lipinski definition) is 1. The number of rotatable bonds is 6. The van der Waals surface area contributed by atoms with E-state index < -0.39 is 0 Å². The first-order valence-corrected chi connectivity index (χ1v) is 6.87. The minimum absolute atomic E-state index is 0.102. The molecule has 2 aromatic rings. The molecule has 1 aromatic carbocycles. The summed E-state index contributed by atoms with van der Waals surface area (Å²) in [5.41, 5.74) is 1.91. The number of nitro benzene ring substituents is 1. The summed E-state index contributed by atoms with van der Waals surface area (Å²) in [5, 5.41) is 15.0. The molecular weight excluding hydrogens is 254 g/mol. The van der Waals surface area contributed by atoms with Crippen LogP contribution in [0.15, 0.2) is 30.3 Å². The summed E-state index contributed by atoms with van der Waals surface area (Å²) in [6.07, 6.45) is 1.96. The maximum Gasteiger partial charge on any atom is 0.270 e. The second-order valence-corrected chi connectivity index (χ2v) is 5.00. The van der Waals surface area contributed by atoms with E-state index in [9.17, 15) is 10.1 Å². The molecule has 0 bridgehead atoms. The second kappa shape index (κ2) is 6.43. The molecule has 1 unspecified atom stereocenters. The number of benzene rings is 1. The zero-order valence-electron chi connectivity index (χ0n) is 11.8. The Kier molecular flexibility index (Phi) is 4.63. The lowest BCUT2D eigenvalue weighted by molar-refractivity contribution is -0.384. The predicted molar refractivity (Wildman–Crippen MR) is 79.9 cm³/mol. The Hall–Kier alpha value is -2.01. The van der Waals surface area contributed by atoms with Gasteiger partial charge in [-0.2, -0.15) is 0 Å². The lowest BCUT2D eigenvalue weighted by Crippen LogP contribution is -2.28. The van der Waals surface area contributed by atoms with Gasteiger partial charge in [-0.05, 0) is 32.0 Å². The van der Waals surface area contributed by atoms with Gasteiger partial charge in [-0.15, -0.1) is 0 Å². The number of nitrogens with zero attached hydrogens (tertiary/aromatic N) is 2. The second-order valence-electron chi connectivity index (χ2n) is 5.00. The molecule has 1 heterocycles. The molecule has 0 aliphatic heterocycles. The Morgan fingerprint density at radius 2 is 2.15 bits per heavy atom. The van der Waals surface area contributed by atoms with Gasteiger partial charge in [0, 0.05) is 35.7 Å². The molecule has 2 rings (SSSR count). The molecule has 0 spiro atoms. The van der Waals surface area contributed by atoms with Gasteiger partial charge in [0.2, 0.25) is 0 Å². The molecule has 0 saturated carbocycles. The Bertz CT molecular complexity index is 613. The zero-order valence-corrected chi connectivity index (χ0v) is 11.8. The van der Waals surface area contributed by atoms with Crippen LogP contribution in [0.4, 0.5) is 5.69 Å². The Balaban J connectivity index is 2.17. The van der Waals surface area contributed by atoms with Crippen molar-refractivity contribution in [3.63, 3.8) is 0 Å². The molecule has 20 heavy (non-hydrogen) atoms. The number of fused-ring (bicyclic) bond motifs is 1. The zero-order chi connectivity index (χ0) is 14.5. The maximum absolute atomic E-state index is 10.7. The summed E-state index contributed by atoms with van der Waals surface area (Å²) in [6.45, 7) is 5.28. The van der Waals surface area contributed by atoms with E-state index in [2.05, 4.69) is 24.1 Å². The molecular formula is C15H19N3O2. The van der Waals surface area contributed by atoms with Gasteiger partial charge in [0.1, 0.15) is 0 Å². The quantitative estimate of drug-likeness (QED) is 0.648. The van der Waals surface area contributed by atoms with E-state index in [0.717, 1.165) is 36.0 Å². The van der Waals surface area contributed by atoms with Crippen molar-refractivity contribution in [1.82, 2.24) is 10.3 Å². The first kappa shape index (κ1) is 14.4. The third-order valence-electron chi connectivity index (χ3n) is 3.20. The van der Waals surface area contributed by atoms with E-state index in [1.807, 2.05) is 12.1 Å². The monoisotopic (exact) mass is 273 g/mol. The van der Waals surface area contributed by atoms with Crippen molar-refractivity contribution < 1.29 is 4.92 Å². The van der Waals surface area contributed by atoms with Gasteiger partial charge in [0.15, 0.2) is 0 Å². The van der Waals surface area contributed by atoms with Crippen LogP contribution in [0.1, 0.15) is 26.0 Å². The molecule has 0 aliphatic rings. The van der Waals surface area contributed by atoms with E-state index in [4.69, 9.17) is 0 Å². The van der Waals surface area contributed by atoms with Crippen molar-refractivity contribution in [2.75, 3.05) is 6.54 Å². The van der Waals surface area contributed by atoms with Crippen LogP contribution in [0.2, 0.25) is 0 Å². The fourth-order valence-corrected chi connectivity index (χ4v) is 2.16. The number of aromatic nitrogens is 1. The number of non-ortho nitro benzene ring substituents is 1. The summed E-state index contributed by atoms with van der Waals surface area (Å²) >= 11 is 0. The minimum atomic E-state index is -0.385. The first-order chi connectivity index (χ1) is 9.60. The molecule has 0 fully saturated rings. The van der Waals surface area contributed by atoms with Gasteiger partial charge in [-0.25, -0.2) is 0 Å². The molecule has 106 valence electrons. The van der Waals surface area contributed by atoms with Gasteiger partial charge in [-0.3, -0.25) is 15.1 Å². The summed E-state index contributed by atoms with van der Waals surface area (Å²) in [6, 6.07) is 8.98. The third kappa shape index (κ3) is 3.51. The first-order valence-electron chi connectivity index (χ1n) is 6.87. The summed E-state index contributed by atoms with van der Waals surface area (Å²) < 4.78 is 0. The number of nitro groups is 1. The van der Waals surface area contributed by atoms with E-state index in [0.29, 0.717) is 6.04 Å². The van der Waals surface area contributed by atoms with Crippen LogP contribution >= 0.6 is 0 Å². The average Bonchev–Trinajstić information content (AvgIpc) is 2.44. The third-order valence-corrected chi connectivity index (χ3v) is 3.20. The van der Waals surface area contributed by atoms with Gasteiger partial charge in [0.05, 0.1) is 10.4 Å². The average molecular weight is 273 g/mol. The van der Waals surface area contributed by atoms with Crippen LogP contribution < -0.4 is 5.32 Å². The lowest BCUT2D eigenvalue weighted by atomic mass is 10.1. The molecule has 1 atom stereocenters. The van der Waals surface area contributed by atoms with Crippen LogP contribution in [0, 0.1) is 10.1 Å². The van der Waals surface area contributed by atoms with E-state index in [-0.39, 0.29) is 10.6 Å². The standard InChI is InChI=1S/C15H19N3O2/c1-3-8-16-11(2)9-13-5-4-12-10-14(18(19)20)6-7-15(12)17-13/h4-7,10-11,16H,3,8-9H2,1-2H3. The van der Waals surface area contributed by atoms with E-state index in [1.54, 1.807) is 12.1 Å². The van der Waals surface area contributed by atoms with Crippen LogP contribution in [0.3, 0.4) is 0 Å². The van der Waals surface area contributed by atoms with Crippen molar-refractivity contribution in [1.29, 1.82) is 0 Å². The molecule has 0 aliphatic carbocycles. The van der Waals surface area contributed by atoms with Crippen LogP contribution in [-0.4, -0.2) is 22.5 Å². The Morgan fingerprint density at radius 3 is 2.85 bits per heavy atom. The van der Waals surface area contributed by atoms with E-state index in [1.165, 1.54) is 6.07 Å². The Morgan fingerprint density at radius 1 is 1.35 bits per heavy atom. The van der Waals surface area contributed by atoms with Gasteiger partial charge in [-0.1, -0.05) is 13.0 Å². The molecule has 0 amide bonds. The normalized spacial score (nSPS) is 12.5. The van der Waals surface area contributed by atoms with Crippen molar-refractivity contribution in [2.24, 2.45) is 0 Å². The van der Waals surface area contributed by atoms with E-state index >= 15 is 0 Å². The number of pyridine rings is 1. The highest BCUT2D eigenvalue weighted by Gasteiger charge is 2.08. The largest absolute Gasteiger partial charge is 0.314 e. The highest BCUT2D eigenvalue weighted by molar-refractivity contribution is 5.81. The maximum atomic E-state index is 10.7. The van der Waals surface area contributed by atoms with Crippen LogP contribution in [0.5, 0.6) is 0 Å². The molecule has 0 radical (unpaired) electrons. The lowest BCUT2D eigenvalue weighted by Gasteiger charge is -2.12. The minimum Gasteiger partial charge on any atom is -0.314 e. The Labute approximate surface area is 118 Å². The van der Waals surface area contributed by atoms with Crippen molar-refractivity contribution >= 4 is 16.6 Å². The highest BCUT2D eigenvalue weighted by atomic mass is 16.6. The molecule has 1 aromatic heterocycles. The van der Waals surface area contributed by atoms with Crippen LogP contribution in [0.25, 0.3) is 10.9 Å². The summed E-state index contributed by atoms with van der Waals surface area (Å²) in [7, 11) is 0. The summed E-state index contributed by atoms with van der Waals surface area (Å²) in [4.78, 5) is 14.9. The van der Waals surface area contributed by atoms with Crippen molar-refractivity contribution in [3.8, 4) is 0 Å². The number of nitrogens with one attached hydrogen (secondary N) is 1. The van der Waals surface area contributed by atoms with Gasteiger partial charge >= 0.3 is 0 Å². The molecule has 0 saturated heterocycles. The van der Waals surface area contributed by atoms with Gasteiger partial charge < -0.3 is 5.32 Å². The molecule has 1 N–H and O–H groups in total. The fourth-order valence-electron chi connectivity index (χ4n) is 2.16. The smallest absolute Gasteiger partial charge is 0.270 e. The van der Waals surface area contributed by atoms with Crippen molar-refractivity contribution in [2.45, 2.75) is 32.7 Å². The summed E-state index contributed by atoms with van der Waals surface area (Å²) in [5.74, 6) is 0. The SMILES string of the molecule is CCCNC(C)Cc1ccc2cc([N+](=O)[O-])ccc2n1. The fraction of sp³-hybridized carbons (Fsp3) is 0.400. The van der Waals surface area contributed by atoms with Gasteiger partial charge in [0.25, 0.3) is 5.69 Å². The number of hydrogen-bond acceptors (Lipinski definition) is 4. The van der Waals surface area contributed by atoms with Crippen LogP contribution in [-0.2, 0) is 6.42 Å². The molecule has 5 heteroatoms. The highest BCUT2D eigenvalue weighted by Crippen LogP contribution is 2.20.